The Balaban J connectivity index is 0.000000196. The van der Waals surface area contributed by atoms with Gasteiger partial charge in [0.2, 0.25) is 26.7 Å². The third-order valence-corrected chi connectivity index (χ3v) is 13.4. The molecular formula is C62H86N4O14. The van der Waals surface area contributed by atoms with Gasteiger partial charge < -0.3 is 63.9 Å². The summed E-state index contributed by atoms with van der Waals surface area (Å²) in [7, 11) is 1.31. The first-order valence-corrected chi connectivity index (χ1v) is 28.5. The Labute approximate surface area is 472 Å². The van der Waals surface area contributed by atoms with E-state index < -0.39 is 12.0 Å². The molecule has 0 radical (unpaired) electrons. The van der Waals surface area contributed by atoms with Crippen molar-refractivity contribution in [3.05, 3.63) is 94.5 Å². The Hall–Kier alpha value is -7.37. The molecule has 0 saturated heterocycles. The van der Waals surface area contributed by atoms with Crippen LogP contribution in [0.15, 0.2) is 66.7 Å². The SMILES string of the molecule is CCCC(CCC)NC(=O)c1cc2c(cc1C)OCO2.CCCC(CCC)NC(=O)c1ccc2c(c1)OC(C)O2.CCCC(CCC)NC(=O)c1ccc2c(c1)OCO2.COC(=O)[C@@H](CC(C)C)NC(=O)c1ccc2c(c1)OCO2. The third kappa shape index (κ3) is 19.2. The van der Waals surface area contributed by atoms with Crippen molar-refractivity contribution in [1.82, 2.24) is 21.3 Å². The first-order chi connectivity index (χ1) is 38.5. The van der Waals surface area contributed by atoms with Crippen LogP contribution in [-0.2, 0) is 9.53 Å². The van der Waals surface area contributed by atoms with Gasteiger partial charge in [-0.3, -0.25) is 19.2 Å². The van der Waals surface area contributed by atoms with Crippen molar-refractivity contribution in [2.75, 3.05) is 27.5 Å². The van der Waals surface area contributed by atoms with Gasteiger partial charge in [0, 0.05) is 47.3 Å². The molecular weight excluding hydrogens is 1020 g/mol. The molecule has 2 atom stereocenters. The molecule has 4 N–H and O–H groups in total. The van der Waals surface area contributed by atoms with Crippen LogP contribution in [-0.4, -0.2) is 87.5 Å². The molecule has 4 aliphatic rings. The Morgan fingerprint density at radius 2 is 0.825 bits per heavy atom. The fourth-order valence-electron chi connectivity index (χ4n) is 9.41. The van der Waals surface area contributed by atoms with Crippen LogP contribution < -0.4 is 59.2 Å². The van der Waals surface area contributed by atoms with Crippen molar-refractivity contribution < 1.29 is 66.6 Å². The van der Waals surface area contributed by atoms with Gasteiger partial charge in [0.15, 0.2) is 46.0 Å². The van der Waals surface area contributed by atoms with Crippen LogP contribution in [0.1, 0.15) is 193 Å². The Kier molecular flexibility index (Phi) is 25.9. The molecule has 4 aromatic carbocycles. The van der Waals surface area contributed by atoms with Crippen molar-refractivity contribution in [2.24, 2.45) is 5.92 Å². The summed E-state index contributed by atoms with van der Waals surface area (Å²) in [6.07, 6.45) is 12.8. The van der Waals surface area contributed by atoms with Crippen molar-refractivity contribution in [3.8, 4) is 46.0 Å². The van der Waals surface area contributed by atoms with Gasteiger partial charge >= 0.3 is 5.97 Å². The van der Waals surface area contributed by atoms with Gasteiger partial charge in [-0.2, -0.15) is 0 Å². The van der Waals surface area contributed by atoms with E-state index in [1.807, 2.05) is 33.8 Å². The number of ether oxygens (including phenoxy) is 9. The Morgan fingerprint density at radius 1 is 0.475 bits per heavy atom. The molecule has 4 aliphatic heterocycles. The summed E-state index contributed by atoms with van der Waals surface area (Å²) in [4.78, 5) is 60.9. The van der Waals surface area contributed by atoms with Crippen LogP contribution in [0.25, 0.3) is 0 Å². The van der Waals surface area contributed by atoms with Crippen LogP contribution in [0.3, 0.4) is 0 Å². The highest BCUT2D eigenvalue weighted by atomic mass is 16.7. The molecule has 4 heterocycles. The van der Waals surface area contributed by atoms with Crippen molar-refractivity contribution in [1.29, 1.82) is 0 Å². The zero-order chi connectivity index (χ0) is 58.1. The number of carbonyl (C=O) groups is 5. The van der Waals surface area contributed by atoms with Crippen LogP contribution in [0.4, 0.5) is 0 Å². The van der Waals surface area contributed by atoms with Crippen LogP contribution >= 0.6 is 0 Å². The second kappa shape index (κ2) is 32.6. The number of hydrogen-bond donors (Lipinski definition) is 4. The smallest absolute Gasteiger partial charge is 0.328 e. The molecule has 4 amide bonds. The molecule has 0 saturated carbocycles. The zero-order valence-electron chi connectivity index (χ0n) is 48.8. The van der Waals surface area contributed by atoms with Crippen molar-refractivity contribution >= 4 is 29.6 Å². The lowest BCUT2D eigenvalue weighted by molar-refractivity contribution is -0.143. The molecule has 4 aromatic rings. The minimum atomic E-state index is -0.659. The summed E-state index contributed by atoms with van der Waals surface area (Å²) in [6.45, 7) is 21.1. The maximum atomic E-state index is 12.4. The van der Waals surface area contributed by atoms with Crippen LogP contribution in [0.5, 0.6) is 46.0 Å². The molecule has 80 heavy (non-hydrogen) atoms. The second-order valence-electron chi connectivity index (χ2n) is 20.5. The summed E-state index contributed by atoms with van der Waals surface area (Å²) < 4.78 is 47.3. The molecule has 1 unspecified atom stereocenters. The normalized spacial score (nSPS) is 14.0. The van der Waals surface area contributed by atoms with E-state index in [0.717, 1.165) is 88.4 Å². The molecule has 0 aliphatic carbocycles. The molecule has 0 aromatic heterocycles. The molecule has 0 spiro atoms. The molecule has 0 fully saturated rings. The molecule has 0 bridgehead atoms. The largest absolute Gasteiger partial charge is 0.467 e. The van der Waals surface area contributed by atoms with Gasteiger partial charge in [-0.15, -0.1) is 0 Å². The summed E-state index contributed by atoms with van der Waals surface area (Å²) in [6, 6.07) is 19.3. The van der Waals surface area contributed by atoms with E-state index in [2.05, 4.69) is 62.8 Å². The first kappa shape index (κ1) is 63.5. The van der Waals surface area contributed by atoms with E-state index in [1.165, 1.54) is 7.11 Å². The topological polar surface area (TPSA) is 217 Å². The number of rotatable bonds is 23. The summed E-state index contributed by atoms with van der Waals surface area (Å²) >= 11 is 0. The number of esters is 1. The van der Waals surface area contributed by atoms with Crippen LogP contribution in [0.2, 0.25) is 0 Å². The number of carbonyl (C=O) groups excluding carboxylic acids is 5. The van der Waals surface area contributed by atoms with E-state index in [0.29, 0.717) is 68.9 Å². The minimum Gasteiger partial charge on any atom is -0.467 e. The molecule has 18 nitrogen and oxygen atoms in total. The van der Waals surface area contributed by atoms with E-state index in [4.69, 9.17) is 42.6 Å². The van der Waals surface area contributed by atoms with Gasteiger partial charge in [0.05, 0.1) is 7.11 Å². The average molecular weight is 1110 g/mol. The van der Waals surface area contributed by atoms with Gasteiger partial charge in [-0.25, -0.2) is 4.79 Å². The quantitative estimate of drug-likeness (QED) is 0.0508. The average Bonchev–Trinajstić information content (AvgIpc) is 4.29. The highest BCUT2D eigenvalue weighted by molar-refractivity contribution is 5.98. The standard InChI is InChI=1S/2C16H23NO3.C15H19NO5.C15H21NO3/c1-4-6-12(7-5-2)17-16(18)13-9-15-14(8-11(13)3)19-10-20-15;1-4-6-13(7-5-2)17-16(18)12-8-9-14-15(10-12)20-11(3)19-14;1-9(2)6-11(15(18)19-3)16-14(17)10-4-5-12-13(7-10)21-8-20-12;1-3-5-12(6-4-2)16-15(17)11-7-8-13-14(9-11)19-10-18-13/h8-9,12H,4-7,10H2,1-3H3,(H,17,18);8-11,13H,4-7H2,1-3H3,(H,17,18);4-5,7,9,11H,6,8H2,1-3H3,(H,16,17);7-9,12H,3-6,10H2,1-2H3,(H,16,17)/t;;11-;/m..1./s1. The summed E-state index contributed by atoms with van der Waals surface area (Å²) in [5, 5.41) is 12.0. The minimum absolute atomic E-state index is 0.0206. The highest BCUT2D eigenvalue weighted by Crippen LogP contribution is 2.37. The molecule has 18 heteroatoms. The molecule has 438 valence electrons. The number of fused-ring (bicyclic) bond motifs is 4. The van der Waals surface area contributed by atoms with E-state index in [9.17, 15) is 24.0 Å². The maximum Gasteiger partial charge on any atom is 0.328 e. The number of benzene rings is 4. The van der Waals surface area contributed by atoms with Crippen LogP contribution in [0, 0.1) is 12.8 Å². The zero-order valence-corrected chi connectivity index (χ0v) is 48.8. The number of hydrogen-bond acceptors (Lipinski definition) is 14. The van der Waals surface area contributed by atoms with Gasteiger partial charge in [0.1, 0.15) is 6.04 Å². The fraction of sp³-hybridized carbons (Fsp3) is 0.532. The maximum absolute atomic E-state index is 12.4. The number of amides is 4. The summed E-state index contributed by atoms with van der Waals surface area (Å²) in [5.41, 5.74) is 3.25. The van der Waals surface area contributed by atoms with E-state index in [-0.39, 0.29) is 74.3 Å². The lowest BCUT2D eigenvalue weighted by Gasteiger charge is -2.18. The highest BCUT2D eigenvalue weighted by Gasteiger charge is 2.26. The predicted molar refractivity (Wildman–Crippen MR) is 306 cm³/mol. The monoisotopic (exact) mass is 1110 g/mol. The van der Waals surface area contributed by atoms with E-state index >= 15 is 0 Å². The predicted octanol–water partition coefficient (Wildman–Crippen LogP) is 11.8. The number of aryl methyl sites for hydroxylation is 1. The van der Waals surface area contributed by atoms with Gasteiger partial charge in [-0.1, -0.05) is 93.9 Å². The van der Waals surface area contributed by atoms with Crippen molar-refractivity contribution in [3.63, 3.8) is 0 Å². The lowest BCUT2D eigenvalue weighted by Crippen LogP contribution is -2.42. The fourth-order valence-corrected chi connectivity index (χ4v) is 9.41. The number of methoxy groups -OCH3 is 1. The Morgan fingerprint density at radius 3 is 1.24 bits per heavy atom. The lowest BCUT2D eigenvalue weighted by atomic mass is 10.0. The van der Waals surface area contributed by atoms with Crippen molar-refractivity contribution in [2.45, 2.75) is 183 Å². The Bertz CT molecular complexity index is 2640. The first-order valence-electron chi connectivity index (χ1n) is 28.5. The van der Waals surface area contributed by atoms with Gasteiger partial charge in [0.25, 0.3) is 23.6 Å². The molecule has 8 rings (SSSR count). The number of nitrogens with one attached hydrogen (secondary N) is 4. The summed E-state index contributed by atoms with van der Waals surface area (Å²) in [5.74, 6) is 4.58. The van der Waals surface area contributed by atoms with E-state index in [1.54, 1.807) is 60.7 Å². The van der Waals surface area contributed by atoms with Gasteiger partial charge in [-0.05, 0) is 130 Å². The second-order valence-corrected chi connectivity index (χ2v) is 20.5. The third-order valence-electron chi connectivity index (χ3n) is 13.4.